The Balaban J connectivity index is 0.000000451. The Morgan fingerprint density at radius 3 is 2.16 bits per heavy atom. The summed E-state index contributed by atoms with van der Waals surface area (Å²) in [6, 6.07) is 11.3. The summed E-state index contributed by atoms with van der Waals surface area (Å²) in [5, 5.41) is 20.2. The molecule has 0 aliphatic heterocycles. The molecule has 1 aromatic carbocycles. The molecule has 8 nitrogen and oxygen atoms in total. The van der Waals surface area contributed by atoms with Crippen molar-refractivity contribution in [3.8, 4) is 11.1 Å². The van der Waals surface area contributed by atoms with Gasteiger partial charge in [-0.15, -0.1) is 0 Å². The number of pyridine rings is 2. The van der Waals surface area contributed by atoms with E-state index in [2.05, 4.69) is 15.3 Å². The molecule has 12 heteroatoms. The Kier molecular flexibility index (Phi) is 8.10. The maximum atomic E-state index is 12.2. The fourth-order valence-electron chi connectivity index (χ4n) is 2.29. The third kappa shape index (κ3) is 6.93. The van der Waals surface area contributed by atoms with Crippen molar-refractivity contribution < 1.29 is 33.0 Å². The Hall–Kier alpha value is -3.70. The highest BCUT2D eigenvalue weighted by Gasteiger charge is 2.38. The number of amides is 1. The van der Waals surface area contributed by atoms with Gasteiger partial charge >= 0.3 is 12.1 Å². The van der Waals surface area contributed by atoms with E-state index in [1.54, 1.807) is 61.1 Å². The maximum absolute atomic E-state index is 12.2. The van der Waals surface area contributed by atoms with Crippen molar-refractivity contribution in [1.82, 2.24) is 9.97 Å². The molecule has 1 amide bonds. The van der Waals surface area contributed by atoms with Crippen LogP contribution in [-0.2, 0) is 9.59 Å². The molecular formula is C20H15ClF3N3O5. The standard InChI is InChI=1S/C18H14ClN3O3.C2HF3O2/c19-14-3-1-12(2-4-14)16(23)18(25)22-15-9-13(10-21-17(15)24)11-5-7-20-8-6-11;3-2(4,5)1(6)7/h1-10,16,23H,(H,21,24)(H,22,25);(H,6,7). The molecule has 0 saturated heterocycles. The molecular weight excluding hydrogens is 455 g/mol. The molecule has 0 spiro atoms. The molecule has 2 heterocycles. The van der Waals surface area contributed by atoms with Gasteiger partial charge in [0.15, 0.2) is 6.10 Å². The van der Waals surface area contributed by atoms with Gasteiger partial charge in [-0.2, -0.15) is 13.2 Å². The van der Waals surface area contributed by atoms with Crippen LogP contribution in [0, 0.1) is 0 Å². The van der Waals surface area contributed by atoms with E-state index in [0.717, 1.165) is 5.56 Å². The van der Waals surface area contributed by atoms with E-state index in [4.69, 9.17) is 21.5 Å². The van der Waals surface area contributed by atoms with E-state index >= 15 is 0 Å². The highest BCUT2D eigenvalue weighted by molar-refractivity contribution is 6.30. The second kappa shape index (κ2) is 10.6. The number of carbonyl (C=O) groups is 2. The third-order valence-corrected chi connectivity index (χ3v) is 4.10. The van der Waals surface area contributed by atoms with Crippen LogP contribution in [0.1, 0.15) is 11.7 Å². The summed E-state index contributed by atoms with van der Waals surface area (Å²) in [6.07, 6.45) is -1.70. The van der Waals surface area contributed by atoms with Gasteiger partial charge < -0.3 is 20.5 Å². The number of H-pyrrole nitrogens is 1. The minimum Gasteiger partial charge on any atom is -0.475 e. The molecule has 0 radical (unpaired) electrons. The van der Waals surface area contributed by atoms with Crippen LogP contribution in [-0.4, -0.2) is 38.2 Å². The topological polar surface area (TPSA) is 132 Å². The van der Waals surface area contributed by atoms with E-state index in [9.17, 15) is 27.9 Å². The van der Waals surface area contributed by atoms with Crippen LogP contribution in [0.4, 0.5) is 18.9 Å². The molecule has 1 unspecified atom stereocenters. The molecule has 3 aromatic rings. The number of nitrogens with one attached hydrogen (secondary N) is 2. The van der Waals surface area contributed by atoms with Gasteiger partial charge in [0.2, 0.25) is 0 Å². The van der Waals surface area contributed by atoms with Gasteiger partial charge in [-0.25, -0.2) is 4.79 Å². The zero-order valence-electron chi connectivity index (χ0n) is 15.9. The fourth-order valence-corrected chi connectivity index (χ4v) is 2.41. The number of hydrogen-bond donors (Lipinski definition) is 4. The number of carboxylic acid groups (broad SMARTS) is 1. The van der Waals surface area contributed by atoms with Crippen molar-refractivity contribution in [2.45, 2.75) is 12.3 Å². The number of aromatic nitrogens is 2. The average Bonchev–Trinajstić information content (AvgIpc) is 2.75. The van der Waals surface area contributed by atoms with Crippen molar-refractivity contribution in [3.05, 3.63) is 82.0 Å². The molecule has 3 rings (SSSR count). The Labute approximate surface area is 183 Å². The molecule has 168 valence electrons. The number of hydrogen-bond acceptors (Lipinski definition) is 5. The lowest BCUT2D eigenvalue weighted by Crippen LogP contribution is -2.25. The van der Waals surface area contributed by atoms with Crippen molar-refractivity contribution in [2.24, 2.45) is 0 Å². The zero-order valence-corrected chi connectivity index (χ0v) is 16.7. The number of carboxylic acids is 1. The molecule has 2 aromatic heterocycles. The normalized spacial score (nSPS) is 11.7. The largest absolute Gasteiger partial charge is 0.490 e. The van der Waals surface area contributed by atoms with E-state index in [0.29, 0.717) is 16.1 Å². The first-order valence-electron chi connectivity index (χ1n) is 8.66. The second-order valence-electron chi connectivity index (χ2n) is 6.11. The third-order valence-electron chi connectivity index (χ3n) is 3.85. The van der Waals surface area contributed by atoms with Gasteiger partial charge in [-0.3, -0.25) is 14.6 Å². The number of carbonyl (C=O) groups excluding carboxylic acids is 1. The Morgan fingerprint density at radius 2 is 1.62 bits per heavy atom. The number of alkyl halides is 3. The molecule has 0 aliphatic rings. The van der Waals surface area contributed by atoms with Gasteiger partial charge in [0.05, 0.1) is 0 Å². The highest BCUT2D eigenvalue weighted by Crippen LogP contribution is 2.21. The van der Waals surface area contributed by atoms with Crippen molar-refractivity contribution in [1.29, 1.82) is 0 Å². The number of nitrogens with zero attached hydrogens (tertiary/aromatic N) is 1. The van der Waals surface area contributed by atoms with Gasteiger partial charge in [-0.1, -0.05) is 23.7 Å². The first-order valence-corrected chi connectivity index (χ1v) is 9.04. The van der Waals surface area contributed by atoms with Gasteiger partial charge in [0, 0.05) is 29.2 Å². The minimum absolute atomic E-state index is 0.0484. The summed E-state index contributed by atoms with van der Waals surface area (Å²) < 4.78 is 31.7. The highest BCUT2D eigenvalue weighted by atomic mass is 35.5. The summed E-state index contributed by atoms with van der Waals surface area (Å²) in [7, 11) is 0. The first kappa shape index (κ1) is 24.6. The lowest BCUT2D eigenvalue weighted by molar-refractivity contribution is -0.192. The number of aliphatic hydroxyl groups is 1. The van der Waals surface area contributed by atoms with Crippen LogP contribution in [0.15, 0.2) is 65.8 Å². The molecule has 32 heavy (non-hydrogen) atoms. The van der Waals surface area contributed by atoms with E-state index in [1.165, 1.54) is 0 Å². The number of halogens is 4. The number of aliphatic hydroxyl groups excluding tert-OH is 1. The Morgan fingerprint density at radius 1 is 1.06 bits per heavy atom. The van der Waals surface area contributed by atoms with Crippen molar-refractivity contribution in [3.63, 3.8) is 0 Å². The van der Waals surface area contributed by atoms with Crippen molar-refractivity contribution >= 4 is 29.2 Å². The number of benzene rings is 1. The minimum atomic E-state index is -5.08. The average molecular weight is 470 g/mol. The molecule has 0 fully saturated rings. The van der Waals surface area contributed by atoms with Crippen LogP contribution in [0.5, 0.6) is 0 Å². The molecule has 4 N–H and O–H groups in total. The van der Waals surface area contributed by atoms with Gasteiger partial charge in [-0.05, 0) is 41.5 Å². The summed E-state index contributed by atoms with van der Waals surface area (Å²) in [5.74, 6) is -3.47. The summed E-state index contributed by atoms with van der Waals surface area (Å²) in [4.78, 5) is 39.6. The number of aliphatic carboxylic acids is 1. The second-order valence-corrected chi connectivity index (χ2v) is 6.55. The monoisotopic (exact) mass is 469 g/mol. The molecule has 1 atom stereocenters. The van der Waals surface area contributed by atoms with Crippen LogP contribution < -0.4 is 10.9 Å². The summed E-state index contributed by atoms with van der Waals surface area (Å²) in [5.41, 5.74) is 1.50. The fraction of sp³-hybridized carbons (Fsp3) is 0.100. The predicted molar refractivity (Wildman–Crippen MR) is 109 cm³/mol. The molecule has 0 bridgehead atoms. The van der Waals surface area contributed by atoms with Gasteiger partial charge in [0.25, 0.3) is 11.5 Å². The number of anilines is 1. The van der Waals surface area contributed by atoms with E-state index < -0.39 is 29.7 Å². The lowest BCUT2D eigenvalue weighted by atomic mass is 10.1. The number of aromatic amines is 1. The van der Waals surface area contributed by atoms with Crippen LogP contribution in [0.3, 0.4) is 0 Å². The van der Waals surface area contributed by atoms with Crippen LogP contribution >= 0.6 is 11.6 Å². The first-order chi connectivity index (χ1) is 15.0. The van der Waals surface area contributed by atoms with E-state index in [-0.39, 0.29) is 5.69 Å². The molecule has 0 saturated carbocycles. The van der Waals surface area contributed by atoms with Gasteiger partial charge in [0.1, 0.15) is 5.69 Å². The Bertz CT molecular complexity index is 1140. The smallest absolute Gasteiger partial charge is 0.475 e. The quantitative estimate of drug-likeness (QED) is 0.463. The zero-order chi connectivity index (χ0) is 23.9. The SMILES string of the molecule is O=C(Nc1cc(-c2ccncc2)c[nH]c1=O)C(O)c1ccc(Cl)cc1.O=C(O)C(F)(F)F. The lowest BCUT2D eigenvalue weighted by Gasteiger charge is -2.12. The maximum Gasteiger partial charge on any atom is 0.490 e. The van der Waals surface area contributed by atoms with Crippen molar-refractivity contribution in [2.75, 3.05) is 5.32 Å². The summed E-state index contributed by atoms with van der Waals surface area (Å²) in [6.45, 7) is 0. The predicted octanol–water partition coefficient (Wildman–Crippen LogP) is 3.40. The van der Waals surface area contributed by atoms with E-state index in [1.807, 2.05) is 0 Å². The summed E-state index contributed by atoms with van der Waals surface area (Å²) >= 11 is 5.79. The molecule has 0 aliphatic carbocycles. The van der Waals surface area contributed by atoms with Crippen LogP contribution in [0.25, 0.3) is 11.1 Å². The number of rotatable bonds is 4. The van der Waals surface area contributed by atoms with Crippen LogP contribution in [0.2, 0.25) is 5.02 Å².